The summed E-state index contributed by atoms with van der Waals surface area (Å²) in [7, 11) is 0. The van der Waals surface area contributed by atoms with Crippen LogP contribution in [-0.2, 0) is 0 Å². The highest BCUT2D eigenvalue weighted by atomic mass is 32.1. The zero-order chi connectivity index (χ0) is 20.1. The molecule has 3 aromatic carbocycles. The first-order valence-electron chi connectivity index (χ1n) is 9.74. The van der Waals surface area contributed by atoms with E-state index < -0.39 is 0 Å². The highest BCUT2D eigenvalue weighted by Gasteiger charge is 2.21. The number of aryl methyl sites for hydroxylation is 1. The Bertz CT molecular complexity index is 1490. The van der Waals surface area contributed by atoms with Crippen LogP contribution in [0.5, 0.6) is 0 Å². The lowest BCUT2D eigenvalue weighted by Crippen LogP contribution is -1.93. The Balaban J connectivity index is 1.62. The largest absolute Gasteiger partial charge is 0.351 e. The number of rotatable bonds is 3. The topological polar surface area (TPSA) is 58.9 Å². The van der Waals surface area contributed by atoms with E-state index in [4.69, 9.17) is 5.10 Å². The van der Waals surface area contributed by atoms with Crippen molar-refractivity contribution in [3.05, 3.63) is 84.4 Å². The van der Waals surface area contributed by atoms with Crippen molar-refractivity contribution in [2.45, 2.75) is 6.92 Å². The predicted octanol–water partition coefficient (Wildman–Crippen LogP) is 5.98. The number of benzene rings is 3. The molecule has 6 heteroatoms. The fourth-order valence-electron chi connectivity index (χ4n) is 3.85. The van der Waals surface area contributed by atoms with Crippen LogP contribution in [0.2, 0.25) is 0 Å². The smallest absolute Gasteiger partial charge is 0.235 e. The molecule has 0 atom stereocenters. The Hall–Kier alpha value is -3.77. The fourth-order valence-corrected chi connectivity index (χ4v) is 4.69. The average Bonchev–Trinajstić information content (AvgIpc) is 3.47. The van der Waals surface area contributed by atoms with E-state index in [0.717, 1.165) is 43.7 Å². The summed E-state index contributed by atoms with van der Waals surface area (Å²) < 4.78 is 1.84. The molecular weight excluding hydrogens is 390 g/mol. The molecule has 0 radical (unpaired) electrons. The van der Waals surface area contributed by atoms with Gasteiger partial charge in [-0.25, -0.2) is 0 Å². The maximum atomic E-state index is 4.83. The summed E-state index contributed by atoms with van der Waals surface area (Å²) in [5.41, 5.74) is 6.56. The normalized spacial score (nSPS) is 11.5. The molecule has 0 bridgehead atoms. The summed E-state index contributed by atoms with van der Waals surface area (Å²) in [4.78, 5) is 4.35. The summed E-state index contributed by atoms with van der Waals surface area (Å²) in [6.45, 7) is 2.11. The van der Waals surface area contributed by atoms with Crippen molar-refractivity contribution in [2.75, 3.05) is 0 Å². The molecule has 1 N–H and O–H groups in total. The van der Waals surface area contributed by atoms with Gasteiger partial charge in [0.2, 0.25) is 10.8 Å². The number of H-pyrrole nitrogens is 1. The number of aromatic nitrogens is 5. The summed E-state index contributed by atoms with van der Waals surface area (Å²) in [6.07, 6.45) is 0. The lowest BCUT2D eigenvalue weighted by molar-refractivity contribution is 0.965. The van der Waals surface area contributed by atoms with Crippen LogP contribution in [0.4, 0.5) is 0 Å². The average molecular weight is 408 g/mol. The minimum absolute atomic E-state index is 0.719. The SMILES string of the molecule is Cc1ccc2[nH]c(-c3nnc4sc(-c5ccccc5)nn34)c(-c3ccccc3)c2c1. The van der Waals surface area contributed by atoms with Crippen molar-refractivity contribution >= 4 is 27.2 Å². The Morgan fingerprint density at radius 1 is 0.833 bits per heavy atom. The van der Waals surface area contributed by atoms with Crippen LogP contribution in [0, 0.1) is 6.92 Å². The summed E-state index contributed by atoms with van der Waals surface area (Å²) in [5, 5.41) is 15.8. The molecule has 0 aliphatic heterocycles. The zero-order valence-electron chi connectivity index (χ0n) is 16.2. The number of nitrogens with one attached hydrogen (secondary N) is 1. The van der Waals surface area contributed by atoms with Crippen molar-refractivity contribution in [1.29, 1.82) is 0 Å². The Kier molecular flexibility index (Phi) is 3.79. The van der Waals surface area contributed by atoms with Gasteiger partial charge in [0, 0.05) is 22.0 Å². The minimum atomic E-state index is 0.719. The number of aromatic amines is 1. The van der Waals surface area contributed by atoms with Crippen molar-refractivity contribution in [3.63, 3.8) is 0 Å². The van der Waals surface area contributed by atoms with Crippen LogP contribution < -0.4 is 0 Å². The molecule has 3 heterocycles. The molecule has 6 aromatic rings. The monoisotopic (exact) mass is 407 g/mol. The van der Waals surface area contributed by atoms with Crippen LogP contribution in [0.15, 0.2) is 78.9 Å². The van der Waals surface area contributed by atoms with Gasteiger partial charge in [-0.05, 0) is 24.6 Å². The number of hydrogen-bond donors (Lipinski definition) is 1. The number of nitrogens with zero attached hydrogens (tertiary/aromatic N) is 4. The van der Waals surface area contributed by atoms with E-state index in [1.807, 2.05) is 28.8 Å². The molecule has 5 nitrogen and oxygen atoms in total. The van der Waals surface area contributed by atoms with E-state index in [2.05, 4.69) is 76.7 Å². The molecule has 0 amide bonds. The van der Waals surface area contributed by atoms with E-state index in [-0.39, 0.29) is 0 Å². The first-order chi connectivity index (χ1) is 14.8. The first-order valence-corrected chi connectivity index (χ1v) is 10.6. The summed E-state index contributed by atoms with van der Waals surface area (Å²) in [5.74, 6) is 0.719. The minimum Gasteiger partial charge on any atom is -0.351 e. The molecule has 0 aliphatic carbocycles. The molecule has 6 rings (SSSR count). The van der Waals surface area contributed by atoms with Crippen molar-refractivity contribution in [3.8, 4) is 33.2 Å². The van der Waals surface area contributed by atoms with E-state index in [1.165, 1.54) is 10.9 Å². The van der Waals surface area contributed by atoms with Gasteiger partial charge in [0.25, 0.3) is 0 Å². The van der Waals surface area contributed by atoms with Gasteiger partial charge >= 0.3 is 0 Å². The molecule has 30 heavy (non-hydrogen) atoms. The molecule has 0 spiro atoms. The molecule has 0 fully saturated rings. The third-order valence-corrected chi connectivity index (χ3v) is 6.20. The highest BCUT2D eigenvalue weighted by Crippen LogP contribution is 2.38. The Labute approximate surface area is 176 Å². The standard InChI is InChI=1S/C24H17N5S/c1-15-12-13-19-18(14-15)20(16-8-4-2-5-9-16)21(25-19)22-26-27-24-29(22)28-23(30-24)17-10-6-3-7-11-17/h2-14,25H,1H3. The molecule has 0 saturated carbocycles. The second kappa shape index (κ2) is 6.64. The quantitative estimate of drug-likeness (QED) is 0.393. The van der Waals surface area contributed by atoms with Gasteiger partial charge in [-0.15, -0.1) is 10.2 Å². The van der Waals surface area contributed by atoms with Gasteiger partial charge in [0.15, 0.2) is 0 Å². The fraction of sp³-hybridized carbons (Fsp3) is 0.0417. The molecule has 0 aliphatic rings. The lowest BCUT2D eigenvalue weighted by Gasteiger charge is -2.04. The second-order valence-corrected chi connectivity index (χ2v) is 8.24. The molecular formula is C24H17N5S. The van der Waals surface area contributed by atoms with Crippen LogP contribution >= 0.6 is 11.3 Å². The van der Waals surface area contributed by atoms with E-state index in [0.29, 0.717) is 0 Å². The Morgan fingerprint density at radius 2 is 1.57 bits per heavy atom. The van der Waals surface area contributed by atoms with E-state index >= 15 is 0 Å². The first kappa shape index (κ1) is 17.1. The van der Waals surface area contributed by atoms with E-state index in [9.17, 15) is 0 Å². The predicted molar refractivity (Wildman–Crippen MR) is 122 cm³/mol. The van der Waals surface area contributed by atoms with Gasteiger partial charge in [-0.2, -0.15) is 9.61 Å². The molecule has 0 saturated heterocycles. The molecule has 144 valence electrons. The second-order valence-electron chi connectivity index (χ2n) is 7.28. The van der Waals surface area contributed by atoms with Crippen molar-refractivity contribution in [1.82, 2.24) is 24.8 Å². The number of fused-ring (bicyclic) bond motifs is 2. The van der Waals surface area contributed by atoms with Crippen molar-refractivity contribution in [2.24, 2.45) is 0 Å². The van der Waals surface area contributed by atoms with Gasteiger partial charge in [-0.1, -0.05) is 83.6 Å². The maximum Gasteiger partial charge on any atom is 0.235 e. The van der Waals surface area contributed by atoms with Gasteiger partial charge in [-0.3, -0.25) is 0 Å². The van der Waals surface area contributed by atoms with Crippen LogP contribution in [0.3, 0.4) is 0 Å². The third kappa shape index (κ3) is 2.65. The Morgan fingerprint density at radius 3 is 2.33 bits per heavy atom. The van der Waals surface area contributed by atoms with Crippen LogP contribution in [0.1, 0.15) is 5.56 Å². The summed E-state index contributed by atoms with van der Waals surface area (Å²) >= 11 is 1.54. The van der Waals surface area contributed by atoms with Gasteiger partial charge in [0.1, 0.15) is 5.01 Å². The zero-order valence-corrected chi connectivity index (χ0v) is 17.0. The summed E-state index contributed by atoms with van der Waals surface area (Å²) in [6, 6.07) is 27.0. The number of hydrogen-bond acceptors (Lipinski definition) is 4. The van der Waals surface area contributed by atoms with Crippen molar-refractivity contribution < 1.29 is 0 Å². The highest BCUT2D eigenvalue weighted by molar-refractivity contribution is 7.19. The van der Waals surface area contributed by atoms with E-state index in [1.54, 1.807) is 11.3 Å². The third-order valence-electron chi connectivity index (χ3n) is 5.25. The van der Waals surface area contributed by atoms with Gasteiger partial charge < -0.3 is 4.98 Å². The molecule has 0 unspecified atom stereocenters. The molecule has 3 aromatic heterocycles. The van der Waals surface area contributed by atoms with Crippen LogP contribution in [-0.4, -0.2) is 24.8 Å². The van der Waals surface area contributed by atoms with Crippen LogP contribution in [0.25, 0.3) is 49.1 Å². The maximum absolute atomic E-state index is 4.83. The lowest BCUT2D eigenvalue weighted by atomic mass is 10.0. The van der Waals surface area contributed by atoms with Gasteiger partial charge in [0.05, 0.1) is 5.69 Å².